The molecule has 0 aliphatic carbocycles. The number of nitrogen functional groups attached to an aromatic ring is 1. The highest BCUT2D eigenvalue weighted by molar-refractivity contribution is 7.86. The van der Waals surface area contributed by atoms with E-state index in [2.05, 4.69) is 36.9 Å². The zero-order valence-corrected chi connectivity index (χ0v) is 18.8. The molecule has 164 valence electrons. The third-order valence-corrected chi connectivity index (χ3v) is 6.32. The summed E-state index contributed by atoms with van der Waals surface area (Å²) in [4.78, 5) is 18.0. The molecular weight excluding hydrogens is 436 g/mol. The fourth-order valence-electron chi connectivity index (χ4n) is 3.30. The molecule has 1 aliphatic rings. The summed E-state index contributed by atoms with van der Waals surface area (Å²) in [5, 5.41) is 4.45. The maximum Gasteiger partial charge on any atom is 0.228 e. The fraction of sp³-hybridized carbons (Fsp3) is 0.350. The molecule has 4 rings (SSSR count). The van der Waals surface area contributed by atoms with Gasteiger partial charge in [0.05, 0.1) is 28.8 Å². The smallest absolute Gasteiger partial charge is 0.228 e. The molecule has 1 atom stereocenters. The first-order valence-corrected chi connectivity index (χ1v) is 11.7. The number of pyridine rings is 1. The van der Waals surface area contributed by atoms with Crippen molar-refractivity contribution >= 4 is 56.6 Å². The summed E-state index contributed by atoms with van der Waals surface area (Å²) in [6, 6.07) is 8.99. The van der Waals surface area contributed by atoms with Crippen LogP contribution in [-0.2, 0) is 11.0 Å². The van der Waals surface area contributed by atoms with Crippen molar-refractivity contribution in [1.29, 1.82) is 0 Å². The maximum absolute atomic E-state index is 12.4. The lowest BCUT2D eigenvalue weighted by Gasteiger charge is -2.32. The number of likely N-dealkylation sites (N-methyl/N-ethyl adjacent to an activating group) is 1. The van der Waals surface area contributed by atoms with Crippen molar-refractivity contribution in [2.24, 2.45) is 0 Å². The molecule has 0 spiro atoms. The summed E-state index contributed by atoms with van der Waals surface area (Å²) in [5.74, 6) is 1.67. The van der Waals surface area contributed by atoms with Crippen LogP contribution in [0.2, 0.25) is 5.15 Å². The van der Waals surface area contributed by atoms with Crippen LogP contribution in [0.4, 0.5) is 23.1 Å². The average Bonchev–Trinajstić information content (AvgIpc) is 2.76. The average molecular weight is 461 g/mol. The highest BCUT2D eigenvalue weighted by atomic mass is 35.5. The molecular formula is C20H25ClN8OS. The van der Waals surface area contributed by atoms with Gasteiger partial charge in [-0.05, 0) is 25.2 Å². The molecule has 11 heteroatoms. The molecule has 3 aromatic rings. The lowest BCUT2D eigenvalue weighted by molar-refractivity contribution is 0.311. The maximum atomic E-state index is 12.4. The van der Waals surface area contributed by atoms with Crippen LogP contribution in [0.1, 0.15) is 0 Å². The number of rotatable bonds is 7. The van der Waals surface area contributed by atoms with E-state index in [0.29, 0.717) is 46.1 Å². The van der Waals surface area contributed by atoms with Crippen molar-refractivity contribution in [1.82, 2.24) is 19.9 Å². The first kappa shape index (κ1) is 21.5. The Kier molecular flexibility index (Phi) is 6.69. The van der Waals surface area contributed by atoms with Gasteiger partial charge < -0.3 is 25.6 Å². The monoisotopic (exact) mass is 460 g/mol. The molecule has 2 aromatic heterocycles. The van der Waals surface area contributed by atoms with Gasteiger partial charge in [-0.25, -0.2) is 14.2 Å². The molecule has 1 fully saturated rings. The zero-order valence-electron chi connectivity index (χ0n) is 17.2. The fourth-order valence-corrected chi connectivity index (χ4v) is 4.28. The van der Waals surface area contributed by atoms with E-state index >= 15 is 0 Å². The molecule has 0 radical (unpaired) electrons. The van der Waals surface area contributed by atoms with Crippen LogP contribution in [0.5, 0.6) is 0 Å². The summed E-state index contributed by atoms with van der Waals surface area (Å²) in [7, 11) is 0.809. The van der Waals surface area contributed by atoms with Crippen LogP contribution in [0, 0.1) is 0 Å². The van der Waals surface area contributed by atoms with Crippen LogP contribution in [-0.4, -0.2) is 69.6 Å². The first-order chi connectivity index (χ1) is 15.0. The van der Waals surface area contributed by atoms with Crippen molar-refractivity contribution in [2.75, 3.05) is 66.2 Å². The van der Waals surface area contributed by atoms with E-state index in [0.717, 1.165) is 31.6 Å². The molecule has 0 saturated carbocycles. The molecule has 1 saturated heterocycles. The number of halogens is 1. The number of aromatic nitrogens is 3. The van der Waals surface area contributed by atoms with Gasteiger partial charge in [-0.1, -0.05) is 23.7 Å². The molecule has 1 aromatic carbocycles. The minimum atomic E-state index is -1.30. The second-order valence-electron chi connectivity index (χ2n) is 7.35. The predicted octanol–water partition coefficient (Wildman–Crippen LogP) is 2.20. The Morgan fingerprint density at radius 2 is 1.97 bits per heavy atom. The minimum Gasteiger partial charge on any atom is -0.397 e. The number of para-hydroxylation sites is 2. The van der Waals surface area contributed by atoms with Gasteiger partial charge in [-0.2, -0.15) is 4.98 Å². The van der Waals surface area contributed by atoms with Crippen LogP contribution < -0.4 is 20.7 Å². The van der Waals surface area contributed by atoms with Crippen LogP contribution >= 0.6 is 11.6 Å². The van der Waals surface area contributed by atoms with Crippen molar-refractivity contribution in [3.05, 3.63) is 41.7 Å². The van der Waals surface area contributed by atoms with E-state index in [1.807, 2.05) is 12.1 Å². The number of fused-ring (bicyclic) bond motifs is 1. The van der Waals surface area contributed by atoms with Crippen molar-refractivity contribution in [3.63, 3.8) is 0 Å². The number of hydrogen-bond acceptors (Lipinski definition) is 8. The Bertz CT molecular complexity index is 1090. The molecule has 1 aliphatic heterocycles. The van der Waals surface area contributed by atoms with Crippen LogP contribution in [0.15, 0.2) is 36.5 Å². The lowest BCUT2D eigenvalue weighted by Crippen LogP contribution is -2.45. The van der Waals surface area contributed by atoms with E-state index < -0.39 is 11.0 Å². The van der Waals surface area contributed by atoms with E-state index in [1.165, 1.54) is 0 Å². The lowest BCUT2D eigenvalue weighted by atomic mass is 10.3. The quantitative estimate of drug-likeness (QED) is 0.363. The second kappa shape index (κ2) is 9.63. The van der Waals surface area contributed by atoms with Crippen LogP contribution in [0.25, 0.3) is 10.9 Å². The highest BCUT2D eigenvalue weighted by Gasteiger charge is 2.19. The van der Waals surface area contributed by atoms with Crippen molar-refractivity contribution < 1.29 is 4.21 Å². The molecule has 1 unspecified atom stereocenters. The summed E-state index contributed by atoms with van der Waals surface area (Å²) >= 11 is 6.10. The standard InChI is InChI=1S/C20H25ClN8OS/c1-28-7-9-29(10-8-28)20-25-17-13-24-18(21)12-14(17)19(26-20)23-6-11-31(30)27-16-5-3-2-4-15(16)22/h2-5,12-13,27H,6-11,22H2,1H3,(H,23,25,26). The van der Waals surface area contributed by atoms with E-state index in [9.17, 15) is 4.21 Å². The molecule has 3 heterocycles. The SMILES string of the molecule is CN1CCN(c2nc(NCCS(=O)Nc3ccccc3N)c3cc(Cl)ncc3n2)CC1. The van der Waals surface area contributed by atoms with Gasteiger partial charge in [0.15, 0.2) is 0 Å². The Hall–Kier alpha value is -2.69. The largest absolute Gasteiger partial charge is 0.397 e. The van der Waals surface area contributed by atoms with E-state index in [1.54, 1.807) is 24.4 Å². The molecule has 9 nitrogen and oxygen atoms in total. The second-order valence-corrected chi connectivity index (χ2v) is 9.04. The Morgan fingerprint density at radius 1 is 1.19 bits per heavy atom. The summed E-state index contributed by atoms with van der Waals surface area (Å²) in [6.45, 7) is 4.07. The number of hydrogen-bond donors (Lipinski definition) is 3. The van der Waals surface area contributed by atoms with Gasteiger partial charge in [-0.3, -0.25) is 0 Å². The van der Waals surface area contributed by atoms with Gasteiger partial charge in [0.1, 0.15) is 22.0 Å². The van der Waals surface area contributed by atoms with Crippen molar-refractivity contribution in [2.45, 2.75) is 0 Å². The summed E-state index contributed by atoms with van der Waals surface area (Å²) in [5.41, 5.74) is 7.84. The Balaban J connectivity index is 1.48. The van der Waals surface area contributed by atoms with Gasteiger partial charge in [0.25, 0.3) is 0 Å². The summed E-state index contributed by atoms with van der Waals surface area (Å²) in [6.07, 6.45) is 1.65. The van der Waals surface area contributed by atoms with Crippen molar-refractivity contribution in [3.8, 4) is 0 Å². The number of benzene rings is 1. The summed E-state index contributed by atoms with van der Waals surface area (Å²) < 4.78 is 15.4. The van der Waals surface area contributed by atoms with E-state index in [4.69, 9.17) is 22.3 Å². The number of anilines is 4. The van der Waals surface area contributed by atoms with E-state index in [-0.39, 0.29) is 0 Å². The highest BCUT2D eigenvalue weighted by Crippen LogP contribution is 2.25. The first-order valence-electron chi connectivity index (χ1n) is 10.00. The number of nitrogens with two attached hydrogens (primary N) is 1. The predicted molar refractivity (Wildman–Crippen MR) is 128 cm³/mol. The Labute approximate surface area is 188 Å². The normalized spacial score (nSPS) is 15.7. The molecule has 4 N–H and O–H groups in total. The van der Waals surface area contributed by atoms with Crippen LogP contribution in [0.3, 0.4) is 0 Å². The molecule has 31 heavy (non-hydrogen) atoms. The topological polar surface area (TPSA) is 112 Å². The number of piperazine rings is 1. The number of nitrogens with one attached hydrogen (secondary N) is 2. The third-order valence-electron chi connectivity index (χ3n) is 5.09. The van der Waals surface area contributed by atoms with Gasteiger partial charge in [-0.15, -0.1) is 0 Å². The third kappa shape index (κ3) is 5.33. The Morgan fingerprint density at radius 3 is 2.74 bits per heavy atom. The zero-order chi connectivity index (χ0) is 21.8. The molecule has 0 bridgehead atoms. The van der Waals surface area contributed by atoms with Gasteiger partial charge >= 0.3 is 0 Å². The van der Waals surface area contributed by atoms with Gasteiger partial charge in [0, 0.05) is 38.1 Å². The minimum absolute atomic E-state index is 0.364. The number of nitrogens with zero attached hydrogens (tertiary/aromatic N) is 5. The molecule has 0 amide bonds. The van der Waals surface area contributed by atoms with Gasteiger partial charge in [0.2, 0.25) is 5.95 Å².